The second-order valence-electron chi connectivity index (χ2n) is 6.85. The molecule has 0 fully saturated rings. The lowest BCUT2D eigenvalue weighted by Gasteiger charge is -2.20. The Balaban J connectivity index is 1.87. The number of benzene rings is 2. The highest BCUT2D eigenvalue weighted by Gasteiger charge is 2.16. The molecule has 0 aliphatic carbocycles. The molecule has 30 heavy (non-hydrogen) atoms. The number of nitrogens with zero attached hydrogens (tertiary/aromatic N) is 3. The summed E-state index contributed by atoms with van der Waals surface area (Å²) in [6, 6.07) is 15.2. The lowest BCUT2D eigenvalue weighted by atomic mass is 10.1. The van der Waals surface area contributed by atoms with E-state index < -0.39 is 11.7 Å². The molecule has 3 rings (SSSR count). The maximum Gasteiger partial charge on any atom is 0.251 e. The average Bonchev–Trinajstić information content (AvgIpc) is 3.02. The molecule has 7 heteroatoms. The summed E-state index contributed by atoms with van der Waals surface area (Å²) in [6.07, 6.45) is 3.14. The minimum atomic E-state index is -0.519. The van der Waals surface area contributed by atoms with Gasteiger partial charge in [0.05, 0.1) is 11.4 Å². The van der Waals surface area contributed by atoms with E-state index in [1.54, 1.807) is 6.08 Å². The van der Waals surface area contributed by atoms with Crippen LogP contribution in [0.15, 0.2) is 60.7 Å². The summed E-state index contributed by atoms with van der Waals surface area (Å²) in [4.78, 5) is 25.5. The van der Waals surface area contributed by atoms with Crippen LogP contribution in [0.1, 0.15) is 23.4 Å². The number of amides is 2. The highest BCUT2D eigenvalue weighted by atomic mass is 19.1. The van der Waals surface area contributed by atoms with Crippen molar-refractivity contribution in [3.63, 3.8) is 0 Å². The number of carbonyl (C=O) groups is 2. The molecule has 1 aromatic heterocycles. The number of hydrogen-bond acceptors (Lipinski definition) is 3. The third-order valence-electron chi connectivity index (χ3n) is 4.73. The van der Waals surface area contributed by atoms with Gasteiger partial charge in [0.25, 0.3) is 5.91 Å². The van der Waals surface area contributed by atoms with Crippen LogP contribution < -0.4 is 10.6 Å². The topological polar surface area (TPSA) is 81.2 Å². The minimum Gasteiger partial charge on any atom is -0.370 e. The normalized spacial score (nSPS) is 11.0. The fourth-order valence-electron chi connectivity index (χ4n) is 3.17. The second kappa shape index (κ2) is 9.17. The first-order valence-electron chi connectivity index (χ1n) is 9.52. The molecule has 3 aromatic rings. The molecule has 0 spiro atoms. The smallest absolute Gasteiger partial charge is 0.251 e. The Labute approximate surface area is 174 Å². The Bertz CT molecular complexity index is 1070. The third-order valence-corrected chi connectivity index (χ3v) is 4.73. The predicted octanol–water partition coefficient (Wildman–Crippen LogP) is 3.55. The quantitative estimate of drug-likeness (QED) is 0.609. The van der Waals surface area contributed by atoms with Crippen LogP contribution in [0, 0.1) is 19.7 Å². The first kappa shape index (κ1) is 21.0. The van der Waals surface area contributed by atoms with Gasteiger partial charge in [-0.05, 0) is 56.3 Å². The molecule has 154 valence electrons. The molecule has 2 amide bonds. The summed E-state index contributed by atoms with van der Waals surface area (Å²) < 4.78 is 15.1. The zero-order valence-corrected chi connectivity index (χ0v) is 16.9. The number of anilines is 1. The van der Waals surface area contributed by atoms with Crippen molar-refractivity contribution >= 4 is 23.6 Å². The van der Waals surface area contributed by atoms with E-state index in [0.717, 1.165) is 22.6 Å². The molecule has 0 unspecified atom stereocenters. The number of carbonyl (C=O) groups excluding carboxylic acids is 2. The van der Waals surface area contributed by atoms with Crippen molar-refractivity contribution in [3.05, 3.63) is 83.4 Å². The zero-order chi connectivity index (χ0) is 21.7. The molecule has 0 radical (unpaired) electrons. The van der Waals surface area contributed by atoms with Crippen molar-refractivity contribution in [2.75, 3.05) is 11.4 Å². The number of primary amides is 1. The summed E-state index contributed by atoms with van der Waals surface area (Å²) in [5.74, 6) is -1.26. The average molecular weight is 406 g/mol. The number of rotatable bonds is 7. The monoisotopic (exact) mass is 406 g/mol. The van der Waals surface area contributed by atoms with E-state index in [1.165, 1.54) is 35.2 Å². The van der Waals surface area contributed by atoms with E-state index >= 15 is 0 Å². The van der Waals surface area contributed by atoms with Gasteiger partial charge in [0.15, 0.2) is 0 Å². The minimum absolute atomic E-state index is 0.000944. The number of nitrogens with two attached hydrogens (primary N) is 1. The van der Waals surface area contributed by atoms with Crippen LogP contribution in [0.2, 0.25) is 0 Å². The SMILES string of the molecule is Cc1nn(-c2ccccc2)c(C)c1/C=C/C(=O)N(CCC(N)=O)c1ccc(F)cc1. The van der Waals surface area contributed by atoms with Crippen molar-refractivity contribution in [1.29, 1.82) is 0 Å². The van der Waals surface area contributed by atoms with Crippen LogP contribution in [-0.2, 0) is 9.59 Å². The van der Waals surface area contributed by atoms with E-state index in [2.05, 4.69) is 5.10 Å². The lowest BCUT2D eigenvalue weighted by molar-refractivity contribution is -0.118. The summed E-state index contributed by atoms with van der Waals surface area (Å²) >= 11 is 0. The van der Waals surface area contributed by atoms with Crippen molar-refractivity contribution in [2.24, 2.45) is 5.73 Å². The first-order valence-corrected chi connectivity index (χ1v) is 9.52. The van der Waals surface area contributed by atoms with Crippen LogP contribution in [0.5, 0.6) is 0 Å². The first-order chi connectivity index (χ1) is 14.4. The van der Waals surface area contributed by atoms with Crippen molar-refractivity contribution in [1.82, 2.24) is 9.78 Å². The second-order valence-corrected chi connectivity index (χ2v) is 6.85. The highest BCUT2D eigenvalue weighted by molar-refractivity contribution is 6.04. The molecule has 0 aliphatic heterocycles. The molecule has 0 saturated heterocycles. The molecular weight excluding hydrogens is 383 g/mol. The van der Waals surface area contributed by atoms with Crippen molar-refractivity contribution in [2.45, 2.75) is 20.3 Å². The Morgan fingerprint density at radius 2 is 1.77 bits per heavy atom. The zero-order valence-electron chi connectivity index (χ0n) is 16.9. The van der Waals surface area contributed by atoms with Crippen molar-refractivity contribution < 1.29 is 14.0 Å². The van der Waals surface area contributed by atoms with Gasteiger partial charge in [0.1, 0.15) is 5.82 Å². The molecule has 6 nitrogen and oxygen atoms in total. The molecule has 0 bridgehead atoms. The fraction of sp³-hybridized carbons (Fsp3) is 0.174. The summed E-state index contributed by atoms with van der Waals surface area (Å²) in [5.41, 5.74) is 9.17. The molecule has 0 saturated carbocycles. The van der Waals surface area contributed by atoms with E-state index in [0.29, 0.717) is 5.69 Å². The van der Waals surface area contributed by atoms with Crippen LogP contribution in [0.3, 0.4) is 0 Å². The molecule has 0 aliphatic rings. The summed E-state index contributed by atoms with van der Waals surface area (Å²) in [7, 11) is 0. The molecular formula is C23H23FN4O2. The van der Waals surface area contributed by atoms with E-state index in [-0.39, 0.29) is 18.9 Å². The maximum absolute atomic E-state index is 13.3. The van der Waals surface area contributed by atoms with E-state index in [1.807, 2.05) is 48.9 Å². The van der Waals surface area contributed by atoms with E-state index in [4.69, 9.17) is 5.73 Å². The number of para-hydroxylation sites is 1. The number of halogens is 1. The lowest BCUT2D eigenvalue weighted by Crippen LogP contribution is -2.32. The molecule has 0 atom stereocenters. The van der Waals surface area contributed by atoms with Gasteiger partial charge in [-0.3, -0.25) is 9.59 Å². The van der Waals surface area contributed by atoms with Gasteiger partial charge in [0, 0.05) is 36.0 Å². The van der Waals surface area contributed by atoms with Crippen LogP contribution in [0.25, 0.3) is 11.8 Å². The number of aromatic nitrogens is 2. The van der Waals surface area contributed by atoms with Gasteiger partial charge in [0.2, 0.25) is 5.91 Å². The Morgan fingerprint density at radius 3 is 2.40 bits per heavy atom. The summed E-state index contributed by atoms with van der Waals surface area (Å²) in [5, 5.41) is 4.57. The number of hydrogen-bond donors (Lipinski definition) is 1. The van der Waals surface area contributed by atoms with Gasteiger partial charge >= 0.3 is 0 Å². The van der Waals surface area contributed by atoms with E-state index in [9.17, 15) is 14.0 Å². The number of aryl methyl sites for hydroxylation is 1. The third kappa shape index (κ3) is 4.81. The molecule has 1 heterocycles. The Kier molecular flexibility index (Phi) is 6.41. The predicted molar refractivity (Wildman–Crippen MR) is 115 cm³/mol. The Hall–Kier alpha value is -3.74. The largest absolute Gasteiger partial charge is 0.370 e. The van der Waals surface area contributed by atoms with Gasteiger partial charge < -0.3 is 10.6 Å². The standard InChI is InChI=1S/C23H23FN4O2/c1-16-21(17(2)28(26-16)20-6-4-3-5-7-20)12-13-23(30)27(15-14-22(25)29)19-10-8-18(24)9-11-19/h3-13H,14-15H2,1-2H3,(H2,25,29)/b13-12+. The van der Waals surface area contributed by atoms with Gasteiger partial charge in [-0.2, -0.15) is 5.10 Å². The Morgan fingerprint density at radius 1 is 1.10 bits per heavy atom. The van der Waals surface area contributed by atoms with Crippen molar-refractivity contribution in [3.8, 4) is 5.69 Å². The summed E-state index contributed by atoms with van der Waals surface area (Å²) in [6.45, 7) is 3.91. The van der Waals surface area contributed by atoms with Gasteiger partial charge in [-0.25, -0.2) is 9.07 Å². The van der Waals surface area contributed by atoms with Crippen LogP contribution >= 0.6 is 0 Å². The van der Waals surface area contributed by atoms with Crippen LogP contribution in [0.4, 0.5) is 10.1 Å². The maximum atomic E-state index is 13.3. The van der Waals surface area contributed by atoms with Crippen LogP contribution in [-0.4, -0.2) is 28.1 Å². The van der Waals surface area contributed by atoms with Gasteiger partial charge in [-0.1, -0.05) is 18.2 Å². The fourth-order valence-corrected chi connectivity index (χ4v) is 3.17. The molecule has 2 N–H and O–H groups in total. The highest BCUT2D eigenvalue weighted by Crippen LogP contribution is 2.20. The molecule has 2 aromatic carbocycles. The van der Waals surface area contributed by atoms with Gasteiger partial charge in [-0.15, -0.1) is 0 Å².